The van der Waals surface area contributed by atoms with Crippen molar-refractivity contribution in [2.45, 2.75) is 33.0 Å². The Hall–Kier alpha value is -2.95. The van der Waals surface area contributed by atoms with Gasteiger partial charge in [0.2, 0.25) is 0 Å². The number of rotatable bonds is 7. The molecule has 0 fully saturated rings. The zero-order valence-electron chi connectivity index (χ0n) is 15.0. The number of carbonyl (C=O) groups excluding carboxylic acids is 3. The van der Waals surface area contributed by atoms with Gasteiger partial charge in [0.15, 0.2) is 0 Å². The van der Waals surface area contributed by atoms with Gasteiger partial charge in [-0.05, 0) is 26.0 Å². The Kier molecular flexibility index (Phi) is 6.67. The predicted molar refractivity (Wildman–Crippen MR) is 96.8 cm³/mol. The first kappa shape index (κ1) is 19.4. The van der Waals surface area contributed by atoms with Crippen LogP contribution in [0.1, 0.15) is 41.5 Å². The number of hydrogen-bond donors (Lipinski definition) is 0. The smallest absolute Gasteiger partial charge is 0.379 e. The van der Waals surface area contributed by atoms with Gasteiger partial charge in [-0.25, -0.2) is 9.59 Å². The minimum atomic E-state index is -0.919. The molecule has 136 valence electrons. The van der Waals surface area contributed by atoms with Crippen molar-refractivity contribution in [2.24, 2.45) is 5.92 Å². The van der Waals surface area contributed by atoms with Crippen LogP contribution in [-0.2, 0) is 14.3 Å². The second kappa shape index (κ2) is 8.94. The van der Waals surface area contributed by atoms with Crippen molar-refractivity contribution in [3.8, 4) is 0 Å². The lowest BCUT2D eigenvalue weighted by Gasteiger charge is -2.25. The fourth-order valence-corrected chi connectivity index (χ4v) is 2.34. The van der Waals surface area contributed by atoms with Crippen molar-refractivity contribution >= 4 is 17.7 Å². The Bertz CT molecular complexity index is 754. The van der Waals surface area contributed by atoms with Gasteiger partial charge >= 0.3 is 11.9 Å². The highest BCUT2D eigenvalue weighted by Gasteiger charge is 2.28. The van der Waals surface area contributed by atoms with Crippen LogP contribution in [0.4, 0.5) is 0 Å². The summed E-state index contributed by atoms with van der Waals surface area (Å²) >= 11 is 0. The topological polar surface area (TPSA) is 69.7 Å². The van der Waals surface area contributed by atoms with Crippen molar-refractivity contribution in [1.29, 1.82) is 0 Å². The maximum absolute atomic E-state index is 12.1. The molecule has 0 bridgehead atoms. The number of benzene rings is 2. The minimum absolute atomic E-state index is 0.279. The number of esters is 2. The number of carbonyl (C=O) groups is 3. The molecular formula is C21H22O5. The minimum Gasteiger partial charge on any atom is -0.459 e. The lowest BCUT2D eigenvalue weighted by atomic mass is 10.00. The second-order valence-corrected chi connectivity index (χ2v) is 6.14. The molecule has 0 saturated carbocycles. The molecule has 5 heteroatoms. The molecule has 0 N–H and O–H groups in total. The van der Waals surface area contributed by atoms with Crippen LogP contribution in [0.2, 0.25) is 0 Å². The molecule has 3 unspecified atom stereocenters. The van der Waals surface area contributed by atoms with Crippen LogP contribution in [0.15, 0.2) is 60.7 Å². The van der Waals surface area contributed by atoms with E-state index in [1.54, 1.807) is 75.4 Å². The van der Waals surface area contributed by atoms with Crippen LogP contribution in [0.5, 0.6) is 0 Å². The Morgan fingerprint density at radius 2 is 1.15 bits per heavy atom. The molecule has 26 heavy (non-hydrogen) atoms. The first-order chi connectivity index (χ1) is 12.4. The van der Waals surface area contributed by atoms with Gasteiger partial charge in [-0.2, -0.15) is 0 Å². The van der Waals surface area contributed by atoms with Gasteiger partial charge in [-0.1, -0.05) is 55.5 Å². The molecule has 0 saturated heterocycles. The lowest BCUT2D eigenvalue weighted by Crippen LogP contribution is -2.34. The highest BCUT2D eigenvalue weighted by Crippen LogP contribution is 2.17. The Balaban J connectivity index is 1.91. The van der Waals surface area contributed by atoms with Crippen LogP contribution in [0, 0.1) is 5.92 Å². The van der Waals surface area contributed by atoms with Gasteiger partial charge in [0.1, 0.15) is 12.2 Å². The van der Waals surface area contributed by atoms with Crippen molar-refractivity contribution < 1.29 is 23.9 Å². The molecule has 2 rings (SSSR count). The fourth-order valence-electron chi connectivity index (χ4n) is 2.34. The third-order valence-corrected chi connectivity index (χ3v) is 4.30. The standard InChI is InChI=1S/C21H22O5/c1-14(15(2)25-20(23)18-12-8-5-9-13-18)16(3)26-21(24)19(22)17-10-6-4-7-11-17/h4-16H,1-3H3. The predicted octanol–water partition coefficient (Wildman–Crippen LogP) is 3.68. The summed E-state index contributed by atoms with van der Waals surface area (Å²) < 4.78 is 10.7. The summed E-state index contributed by atoms with van der Waals surface area (Å²) in [5.41, 5.74) is 0.733. The SMILES string of the molecule is CC(OC(=O)C(=O)c1ccccc1)C(C)C(C)OC(=O)c1ccccc1. The molecule has 3 atom stereocenters. The maximum atomic E-state index is 12.1. The molecule has 2 aromatic carbocycles. The summed E-state index contributed by atoms with van der Waals surface area (Å²) in [7, 11) is 0. The van der Waals surface area contributed by atoms with E-state index in [0.29, 0.717) is 5.56 Å². The van der Waals surface area contributed by atoms with E-state index in [4.69, 9.17) is 9.47 Å². The number of hydrogen-bond acceptors (Lipinski definition) is 5. The molecule has 0 spiro atoms. The van der Waals surface area contributed by atoms with Crippen molar-refractivity contribution in [1.82, 2.24) is 0 Å². The fraction of sp³-hybridized carbons (Fsp3) is 0.286. The van der Waals surface area contributed by atoms with E-state index in [1.807, 2.05) is 6.07 Å². The summed E-state index contributed by atoms with van der Waals surface area (Å²) in [6, 6.07) is 16.9. The third kappa shape index (κ3) is 5.02. The Morgan fingerprint density at radius 1 is 0.692 bits per heavy atom. The van der Waals surface area contributed by atoms with Gasteiger partial charge in [0, 0.05) is 11.5 Å². The van der Waals surface area contributed by atoms with E-state index in [9.17, 15) is 14.4 Å². The highest BCUT2D eigenvalue weighted by atomic mass is 16.6. The first-order valence-electron chi connectivity index (χ1n) is 8.46. The van der Waals surface area contributed by atoms with Crippen LogP contribution in [0.3, 0.4) is 0 Å². The van der Waals surface area contributed by atoms with Crippen LogP contribution in [0.25, 0.3) is 0 Å². The molecule has 0 aliphatic heterocycles. The zero-order chi connectivity index (χ0) is 19.1. The average Bonchev–Trinajstić information content (AvgIpc) is 2.67. The van der Waals surface area contributed by atoms with Crippen molar-refractivity contribution in [3.05, 3.63) is 71.8 Å². The number of ketones is 1. The van der Waals surface area contributed by atoms with Crippen LogP contribution >= 0.6 is 0 Å². The molecule has 5 nitrogen and oxygen atoms in total. The average molecular weight is 354 g/mol. The summed E-state index contributed by atoms with van der Waals surface area (Å²) in [6.45, 7) is 5.20. The molecule has 0 radical (unpaired) electrons. The highest BCUT2D eigenvalue weighted by molar-refractivity contribution is 6.40. The molecule has 0 aliphatic carbocycles. The lowest BCUT2D eigenvalue weighted by molar-refractivity contribution is -0.146. The Labute approximate surface area is 152 Å². The van der Waals surface area contributed by atoms with Crippen molar-refractivity contribution in [2.75, 3.05) is 0 Å². The van der Waals surface area contributed by atoms with E-state index in [0.717, 1.165) is 0 Å². The molecule has 0 heterocycles. The van der Waals surface area contributed by atoms with Gasteiger partial charge < -0.3 is 9.47 Å². The number of ether oxygens (including phenoxy) is 2. The monoisotopic (exact) mass is 354 g/mol. The van der Waals surface area contributed by atoms with Gasteiger partial charge in [0.05, 0.1) is 5.56 Å². The van der Waals surface area contributed by atoms with E-state index in [-0.39, 0.29) is 11.5 Å². The quantitative estimate of drug-likeness (QED) is 0.431. The summed E-state index contributed by atoms with van der Waals surface area (Å²) in [6.07, 6.45) is -1.08. The molecule has 0 amide bonds. The van der Waals surface area contributed by atoms with E-state index >= 15 is 0 Å². The first-order valence-corrected chi connectivity index (χ1v) is 8.46. The molecular weight excluding hydrogens is 332 g/mol. The van der Waals surface area contributed by atoms with Gasteiger partial charge in [-0.3, -0.25) is 4.79 Å². The third-order valence-electron chi connectivity index (χ3n) is 4.30. The van der Waals surface area contributed by atoms with E-state index in [2.05, 4.69) is 0 Å². The molecule has 0 aromatic heterocycles. The van der Waals surface area contributed by atoms with Gasteiger partial charge in [0.25, 0.3) is 5.78 Å². The van der Waals surface area contributed by atoms with E-state index < -0.39 is 29.9 Å². The normalized spacial score (nSPS) is 14.0. The zero-order valence-corrected chi connectivity index (χ0v) is 15.0. The second-order valence-electron chi connectivity index (χ2n) is 6.14. The maximum Gasteiger partial charge on any atom is 0.379 e. The van der Waals surface area contributed by atoms with Gasteiger partial charge in [-0.15, -0.1) is 0 Å². The Morgan fingerprint density at radius 3 is 1.69 bits per heavy atom. The molecule has 2 aromatic rings. The summed E-state index contributed by atoms with van der Waals surface area (Å²) in [5.74, 6) is -2.34. The van der Waals surface area contributed by atoms with Crippen LogP contribution < -0.4 is 0 Å². The number of Topliss-reactive ketones (excluding diaryl/α,β-unsaturated/α-hetero) is 1. The summed E-state index contributed by atoms with van der Waals surface area (Å²) in [4.78, 5) is 36.2. The largest absolute Gasteiger partial charge is 0.459 e. The van der Waals surface area contributed by atoms with E-state index in [1.165, 1.54) is 0 Å². The van der Waals surface area contributed by atoms with Crippen LogP contribution in [-0.4, -0.2) is 29.9 Å². The van der Waals surface area contributed by atoms with Crippen molar-refractivity contribution in [3.63, 3.8) is 0 Å². The summed E-state index contributed by atoms with van der Waals surface area (Å²) in [5, 5.41) is 0. The molecule has 0 aliphatic rings.